The molecule has 0 saturated heterocycles. The van der Waals surface area contributed by atoms with E-state index in [0.717, 1.165) is 23.3 Å². The lowest BCUT2D eigenvalue weighted by Crippen LogP contribution is -2.06. The fourth-order valence-electron chi connectivity index (χ4n) is 3.07. The Bertz CT molecular complexity index is 1160. The number of hydrogen-bond donors (Lipinski definition) is 0. The maximum atomic E-state index is 12.8. The molecule has 3 rings (SSSR count). The Kier molecular flexibility index (Phi) is 7.26. The van der Waals surface area contributed by atoms with Crippen molar-refractivity contribution in [2.75, 3.05) is 6.61 Å². The predicted molar refractivity (Wildman–Crippen MR) is 117 cm³/mol. The number of allylic oxidation sites excluding steroid dienone is 1. The van der Waals surface area contributed by atoms with Crippen LogP contribution in [0.2, 0.25) is 0 Å². The number of nitrogens with zero attached hydrogens (tertiary/aromatic N) is 1. The van der Waals surface area contributed by atoms with Crippen LogP contribution in [0.4, 0.5) is 13.2 Å². The zero-order valence-electron chi connectivity index (χ0n) is 18.7. The minimum Gasteiger partial charge on any atom is -0.487 e. The fourth-order valence-corrected chi connectivity index (χ4v) is 3.07. The van der Waals surface area contributed by atoms with Crippen LogP contribution in [0.15, 0.2) is 58.5 Å². The lowest BCUT2D eigenvalue weighted by atomic mass is 10.0. The zero-order chi connectivity index (χ0) is 24.2. The van der Waals surface area contributed by atoms with Gasteiger partial charge < -0.3 is 13.9 Å². The van der Waals surface area contributed by atoms with Crippen LogP contribution in [-0.4, -0.2) is 17.6 Å². The summed E-state index contributed by atoms with van der Waals surface area (Å²) in [4.78, 5) is 16.4. The molecule has 0 spiro atoms. The van der Waals surface area contributed by atoms with Gasteiger partial charge in [0.25, 0.3) is 0 Å². The van der Waals surface area contributed by atoms with Gasteiger partial charge in [-0.15, -0.1) is 0 Å². The van der Waals surface area contributed by atoms with Gasteiger partial charge in [-0.25, -0.2) is 9.78 Å². The van der Waals surface area contributed by atoms with Crippen LogP contribution in [0.25, 0.3) is 17.0 Å². The number of oxazole rings is 1. The molecule has 0 aliphatic heterocycles. The Morgan fingerprint density at radius 1 is 1.09 bits per heavy atom. The highest BCUT2D eigenvalue weighted by Crippen LogP contribution is 2.31. The highest BCUT2D eigenvalue weighted by molar-refractivity contribution is 5.96. The Morgan fingerprint density at radius 3 is 2.42 bits per heavy atom. The molecule has 5 nitrogen and oxygen atoms in total. The van der Waals surface area contributed by atoms with Gasteiger partial charge in [0.2, 0.25) is 5.89 Å². The number of benzene rings is 2. The number of carbonyl (C=O) groups is 1. The maximum Gasteiger partial charge on any atom is 0.416 e. The number of halogens is 3. The van der Waals surface area contributed by atoms with Crippen LogP contribution >= 0.6 is 0 Å². The van der Waals surface area contributed by atoms with Crippen molar-refractivity contribution in [3.8, 4) is 17.2 Å². The van der Waals surface area contributed by atoms with Gasteiger partial charge in [-0.3, -0.25) is 0 Å². The molecule has 0 N–H and O–H groups in total. The number of alkyl halides is 3. The summed E-state index contributed by atoms with van der Waals surface area (Å²) < 4.78 is 54.8. The zero-order valence-corrected chi connectivity index (χ0v) is 18.7. The monoisotopic (exact) mass is 459 g/mol. The van der Waals surface area contributed by atoms with Gasteiger partial charge in [-0.1, -0.05) is 12.1 Å². The third-order valence-corrected chi connectivity index (χ3v) is 5.14. The lowest BCUT2D eigenvalue weighted by molar-refractivity contribution is -0.138. The van der Waals surface area contributed by atoms with Crippen molar-refractivity contribution in [3.63, 3.8) is 0 Å². The Morgan fingerprint density at radius 2 is 1.79 bits per heavy atom. The second kappa shape index (κ2) is 9.94. The second-order valence-electron chi connectivity index (χ2n) is 7.38. The van der Waals surface area contributed by atoms with Crippen LogP contribution in [-0.2, 0) is 22.3 Å². The molecule has 0 radical (unpaired) electrons. The Balaban J connectivity index is 1.74. The van der Waals surface area contributed by atoms with E-state index in [1.165, 1.54) is 12.1 Å². The minimum atomic E-state index is -4.40. The Labute approximate surface area is 189 Å². The van der Waals surface area contributed by atoms with E-state index >= 15 is 0 Å². The van der Waals surface area contributed by atoms with Gasteiger partial charge in [0.15, 0.2) is 0 Å². The van der Waals surface area contributed by atoms with Crippen LogP contribution < -0.4 is 4.74 Å². The fraction of sp³-hybridized carbons (Fsp3) is 0.280. The van der Waals surface area contributed by atoms with Gasteiger partial charge in [-0.05, 0) is 75.2 Å². The first-order valence-electron chi connectivity index (χ1n) is 10.3. The van der Waals surface area contributed by atoms with Crippen LogP contribution in [0.3, 0.4) is 0 Å². The summed E-state index contributed by atoms with van der Waals surface area (Å²) in [7, 11) is 0. The third kappa shape index (κ3) is 5.83. The van der Waals surface area contributed by atoms with Crippen molar-refractivity contribution < 1.29 is 31.9 Å². The third-order valence-electron chi connectivity index (χ3n) is 5.14. The number of rotatable bonds is 7. The largest absolute Gasteiger partial charge is 0.487 e. The molecule has 0 aliphatic rings. The van der Waals surface area contributed by atoms with E-state index in [1.54, 1.807) is 26.8 Å². The first-order chi connectivity index (χ1) is 15.6. The predicted octanol–water partition coefficient (Wildman–Crippen LogP) is 6.60. The van der Waals surface area contributed by atoms with Gasteiger partial charge in [0, 0.05) is 11.1 Å². The average Bonchev–Trinajstić information content (AvgIpc) is 3.17. The quantitative estimate of drug-likeness (QED) is 0.294. The Hall–Kier alpha value is -3.55. The van der Waals surface area contributed by atoms with E-state index in [9.17, 15) is 18.0 Å². The van der Waals surface area contributed by atoms with Gasteiger partial charge in [0.1, 0.15) is 23.8 Å². The highest BCUT2D eigenvalue weighted by Gasteiger charge is 2.30. The minimum absolute atomic E-state index is 0.110. The lowest BCUT2D eigenvalue weighted by Gasteiger charge is -2.10. The standard InChI is InChI=1S/C25H24F3NO4/c1-5-31-24(30)16(3)15(2)19-7-6-8-21(13-19)32-14-22-17(4)33-23(29-22)18-9-11-20(12-10-18)25(26,27)28/h6-13H,5,14H2,1-4H3/b16-15+. The molecule has 0 amide bonds. The molecular weight excluding hydrogens is 435 g/mol. The highest BCUT2D eigenvalue weighted by atomic mass is 19.4. The van der Waals surface area contributed by atoms with E-state index in [0.29, 0.717) is 34.9 Å². The van der Waals surface area contributed by atoms with E-state index in [1.807, 2.05) is 25.1 Å². The van der Waals surface area contributed by atoms with Crippen molar-refractivity contribution >= 4 is 11.5 Å². The molecule has 2 aromatic carbocycles. The van der Waals surface area contributed by atoms with E-state index in [4.69, 9.17) is 13.9 Å². The SMILES string of the molecule is CCOC(=O)/C(C)=C(\C)c1cccc(OCc2nc(-c3ccc(C(F)(F)F)cc3)oc2C)c1. The van der Waals surface area contributed by atoms with Crippen molar-refractivity contribution in [1.29, 1.82) is 0 Å². The number of aromatic nitrogens is 1. The van der Waals surface area contributed by atoms with E-state index in [2.05, 4.69) is 4.98 Å². The van der Waals surface area contributed by atoms with Crippen LogP contribution in [0.5, 0.6) is 5.75 Å². The van der Waals surface area contributed by atoms with Gasteiger partial charge in [0.05, 0.1) is 12.2 Å². The number of carbonyl (C=O) groups excluding carboxylic acids is 1. The first kappa shape index (κ1) is 24.1. The maximum absolute atomic E-state index is 12.8. The molecule has 3 aromatic rings. The summed E-state index contributed by atoms with van der Waals surface area (Å²) in [5, 5.41) is 0. The second-order valence-corrected chi connectivity index (χ2v) is 7.38. The number of aryl methyl sites for hydroxylation is 1. The van der Waals surface area contributed by atoms with Crippen LogP contribution in [0.1, 0.15) is 43.4 Å². The molecule has 0 saturated carbocycles. The molecule has 0 bridgehead atoms. The molecule has 0 unspecified atom stereocenters. The molecular formula is C25H24F3NO4. The molecule has 1 aromatic heterocycles. The molecule has 0 fully saturated rings. The van der Waals surface area contributed by atoms with Gasteiger partial charge >= 0.3 is 12.1 Å². The molecule has 33 heavy (non-hydrogen) atoms. The van der Waals surface area contributed by atoms with E-state index in [-0.39, 0.29) is 18.5 Å². The topological polar surface area (TPSA) is 61.6 Å². The van der Waals surface area contributed by atoms with Crippen LogP contribution in [0, 0.1) is 6.92 Å². The molecule has 8 heteroatoms. The first-order valence-corrected chi connectivity index (χ1v) is 10.3. The summed E-state index contributed by atoms with van der Waals surface area (Å²) in [6, 6.07) is 11.9. The van der Waals surface area contributed by atoms with E-state index < -0.39 is 11.7 Å². The summed E-state index contributed by atoms with van der Waals surface area (Å²) in [6.07, 6.45) is -4.40. The average molecular weight is 459 g/mol. The smallest absolute Gasteiger partial charge is 0.416 e. The summed E-state index contributed by atoms with van der Waals surface area (Å²) in [5.74, 6) is 0.935. The number of hydrogen-bond acceptors (Lipinski definition) is 5. The number of ether oxygens (including phenoxy) is 2. The van der Waals surface area contributed by atoms with Crippen molar-refractivity contribution in [1.82, 2.24) is 4.98 Å². The normalized spacial score (nSPS) is 12.3. The molecule has 0 aliphatic carbocycles. The van der Waals surface area contributed by atoms with Crippen molar-refractivity contribution in [2.45, 2.75) is 40.5 Å². The summed E-state index contributed by atoms with van der Waals surface area (Å²) >= 11 is 0. The van der Waals surface area contributed by atoms with Crippen molar-refractivity contribution in [3.05, 3.63) is 76.7 Å². The molecule has 1 heterocycles. The summed E-state index contributed by atoms with van der Waals surface area (Å²) in [5.41, 5.74) is 2.35. The summed E-state index contributed by atoms with van der Waals surface area (Å²) in [6.45, 7) is 7.43. The molecule has 0 atom stereocenters. The van der Waals surface area contributed by atoms with Gasteiger partial charge in [-0.2, -0.15) is 13.2 Å². The molecule has 174 valence electrons. The van der Waals surface area contributed by atoms with Crippen molar-refractivity contribution in [2.24, 2.45) is 0 Å². The number of esters is 1.